The number of anilines is 1. The maximum atomic E-state index is 14.3. The van der Waals surface area contributed by atoms with Gasteiger partial charge in [0.25, 0.3) is 0 Å². The lowest BCUT2D eigenvalue weighted by Crippen LogP contribution is -2.44. The van der Waals surface area contributed by atoms with E-state index in [1.54, 1.807) is 55.7 Å². The zero-order valence-electron chi connectivity index (χ0n) is 19.2. The lowest BCUT2D eigenvalue weighted by Gasteiger charge is -2.23. The van der Waals surface area contributed by atoms with E-state index in [0.717, 1.165) is 0 Å². The second-order valence-electron chi connectivity index (χ2n) is 8.40. The first-order valence-electron chi connectivity index (χ1n) is 11.0. The molecule has 0 bridgehead atoms. The number of benzene rings is 1. The number of likely N-dealkylation sites (tertiary alicyclic amines) is 1. The van der Waals surface area contributed by atoms with Crippen molar-refractivity contribution in [1.82, 2.24) is 19.9 Å². The molecular formula is C25H23BrFN5O3. The Balaban J connectivity index is 1.56. The van der Waals surface area contributed by atoms with Crippen molar-refractivity contribution in [3.05, 3.63) is 70.3 Å². The molecule has 1 aromatic carbocycles. The molecule has 2 amide bonds. The van der Waals surface area contributed by atoms with Gasteiger partial charge in [0, 0.05) is 29.9 Å². The van der Waals surface area contributed by atoms with Gasteiger partial charge in [-0.25, -0.2) is 19.3 Å². The molecule has 10 heteroatoms. The number of ketones is 1. The largest absolute Gasteiger partial charge is 0.327 e. The fourth-order valence-electron chi connectivity index (χ4n) is 3.98. The van der Waals surface area contributed by atoms with Gasteiger partial charge >= 0.3 is 0 Å². The topological polar surface area (TPSA) is 105 Å². The number of nitrogens with one attached hydrogen (secondary N) is 1. The zero-order valence-corrected chi connectivity index (χ0v) is 20.8. The minimum atomic E-state index is -1.31. The van der Waals surface area contributed by atoms with Crippen molar-refractivity contribution in [2.24, 2.45) is 0 Å². The molecule has 0 saturated carbocycles. The normalized spacial score (nSPS) is 17.3. The number of aromatic nitrogens is 3. The highest BCUT2D eigenvalue weighted by Gasteiger charge is 2.39. The van der Waals surface area contributed by atoms with Crippen molar-refractivity contribution in [3.63, 3.8) is 0 Å². The quantitative estimate of drug-likeness (QED) is 0.375. The number of alkyl halides is 1. The van der Waals surface area contributed by atoms with Gasteiger partial charge < -0.3 is 10.2 Å². The SMILES string of the molecule is CC(=O)c1cc(CC(=O)N2C[C@H](F)C[C@H]2C(=O)Nc2cccc(Br)n2)cc(-c2cnc(C)nc2)c1. The Morgan fingerprint density at radius 2 is 1.89 bits per heavy atom. The summed E-state index contributed by atoms with van der Waals surface area (Å²) in [4.78, 5) is 52.0. The third-order valence-corrected chi connectivity index (χ3v) is 6.15. The minimum absolute atomic E-state index is 0.0908. The smallest absolute Gasteiger partial charge is 0.248 e. The van der Waals surface area contributed by atoms with Crippen molar-refractivity contribution in [3.8, 4) is 11.1 Å². The van der Waals surface area contributed by atoms with Crippen LogP contribution in [0.15, 0.2) is 53.4 Å². The molecule has 3 aromatic rings. The molecule has 180 valence electrons. The molecule has 4 rings (SSSR count). The first kappa shape index (κ1) is 24.6. The molecule has 1 aliphatic rings. The van der Waals surface area contributed by atoms with Crippen LogP contribution in [0.5, 0.6) is 0 Å². The summed E-state index contributed by atoms with van der Waals surface area (Å²) in [6.07, 6.45) is 1.81. The van der Waals surface area contributed by atoms with Crippen molar-refractivity contribution in [2.45, 2.75) is 38.9 Å². The van der Waals surface area contributed by atoms with E-state index in [1.807, 2.05) is 0 Å². The number of nitrogens with zero attached hydrogens (tertiary/aromatic N) is 4. The molecule has 0 unspecified atom stereocenters. The van der Waals surface area contributed by atoms with Gasteiger partial charge in [-0.15, -0.1) is 0 Å². The van der Waals surface area contributed by atoms with Crippen LogP contribution in [0, 0.1) is 6.92 Å². The monoisotopic (exact) mass is 539 g/mol. The van der Waals surface area contributed by atoms with Crippen LogP contribution in [-0.2, 0) is 16.0 Å². The lowest BCUT2D eigenvalue weighted by atomic mass is 9.98. The summed E-state index contributed by atoms with van der Waals surface area (Å²) >= 11 is 3.24. The van der Waals surface area contributed by atoms with Crippen molar-refractivity contribution >= 4 is 39.3 Å². The van der Waals surface area contributed by atoms with Gasteiger partial charge in [-0.3, -0.25) is 14.4 Å². The van der Waals surface area contributed by atoms with Crippen LogP contribution in [-0.4, -0.2) is 56.2 Å². The number of Topliss-reactive ketones (excluding diaryl/α,β-unsaturated/α-hetero) is 1. The molecule has 8 nitrogen and oxygen atoms in total. The van der Waals surface area contributed by atoms with Crippen molar-refractivity contribution < 1.29 is 18.8 Å². The average Bonchev–Trinajstić information content (AvgIpc) is 3.21. The highest BCUT2D eigenvalue weighted by atomic mass is 79.9. The number of amides is 2. The van der Waals surface area contributed by atoms with E-state index in [-0.39, 0.29) is 25.2 Å². The van der Waals surface area contributed by atoms with E-state index in [2.05, 4.69) is 36.2 Å². The summed E-state index contributed by atoms with van der Waals surface area (Å²) < 4.78 is 14.9. The van der Waals surface area contributed by atoms with Crippen LogP contribution >= 0.6 is 15.9 Å². The van der Waals surface area contributed by atoms with Crippen LogP contribution in [0.4, 0.5) is 10.2 Å². The number of hydrogen-bond donors (Lipinski definition) is 1. The Labute approximate surface area is 210 Å². The van der Waals surface area contributed by atoms with Crippen LogP contribution in [0.3, 0.4) is 0 Å². The highest BCUT2D eigenvalue weighted by molar-refractivity contribution is 9.10. The van der Waals surface area contributed by atoms with Crippen LogP contribution in [0.25, 0.3) is 11.1 Å². The molecule has 1 saturated heterocycles. The summed E-state index contributed by atoms with van der Waals surface area (Å²) in [5.41, 5.74) is 2.41. The number of aryl methyl sites for hydroxylation is 1. The summed E-state index contributed by atoms with van der Waals surface area (Å²) in [7, 11) is 0. The van der Waals surface area contributed by atoms with Gasteiger partial charge in [0.1, 0.15) is 28.5 Å². The zero-order chi connectivity index (χ0) is 25.1. The van der Waals surface area contributed by atoms with E-state index < -0.39 is 24.0 Å². The standard InChI is InChI=1S/C25H23BrFN5O3/c1-14(33)17-6-16(7-18(9-17)19-11-28-15(2)29-12-19)8-24(34)32-13-20(27)10-21(32)25(35)31-23-5-3-4-22(26)30-23/h3-7,9,11-12,20-21H,8,10,13H2,1-2H3,(H,30,31,35)/t20-,21+/m1/s1. The number of hydrogen-bond acceptors (Lipinski definition) is 6. The molecular weight excluding hydrogens is 517 g/mol. The van der Waals surface area contributed by atoms with Crippen LogP contribution in [0.1, 0.15) is 35.1 Å². The van der Waals surface area contributed by atoms with E-state index in [1.165, 1.54) is 11.8 Å². The first-order chi connectivity index (χ1) is 16.7. The summed E-state index contributed by atoms with van der Waals surface area (Å²) in [5.74, 6) is -0.141. The molecule has 1 N–H and O–H groups in total. The molecule has 3 heterocycles. The van der Waals surface area contributed by atoms with Gasteiger partial charge in [-0.05, 0) is 65.2 Å². The number of rotatable bonds is 6. The average molecular weight is 540 g/mol. The van der Waals surface area contributed by atoms with Gasteiger partial charge in [0.05, 0.1) is 13.0 Å². The summed E-state index contributed by atoms with van der Waals surface area (Å²) in [6.45, 7) is 3.04. The first-order valence-corrected chi connectivity index (χ1v) is 11.8. The molecule has 0 spiro atoms. The maximum Gasteiger partial charge on any atom is 0.248 e. The maximum absolute atomic E-state index is 14.3. The minimum Gasteiger partial charge on any atom is -0.327 e. The number of pyridine rings is 1. The lowest BCUT2D eigenvalue weighted by molar-refractivity contribution is -0.136. The highest BCUT2D eigenvalue weighted by Crippen LogP contribution is 2.26. The molecule has 0 aliphatic carbocycles. The van der Waals surface area contributed by atoms with E-state index >= 15 is 0 Å². The van der Waals surface area contributed by atoms with Crippen LogP contribution in [0.2, 0.25) is 0 Å². The van der Waals surface area contributed by atoms with Crippen molar-refractivity contribution in [1.29, 1.82) is 0 Å². The summed E-state index contributed by atoms with van der Waals surface area (Å²) in [6, 6.07) is 9.22. The molecule has 35 heavy (non-hydrogen) atoms. The number of carbonyl (C=O) groups excluding carboxylic acids is 3. The number of carbonyl (C=O) groups is 3. The molecule has 1 aliphatic heterocycles. The van der Waals surface area contributed by atoms with Gasteiger partial charge in [-0.1, -0.05) is 12.1 Å². The van der Waals surface area contributed by atoms with Gasteiger partial charge in [-0.2, -0.15) is 0 Å². The Bertz CT molecular complexity index is 1280. The second kappa shape index (κ2) is 10.4. The molecule has 2 aromatic heterocycles. The van der Waals surface area contributed by atoms with Crippen LogP contribution < -0.4 is 5.32 Å². The Hall–Kier alpha value is -3.53. The van der Waals surface area contributed by atoms with E-state index in [0.29, 0.717) is 38.5 Å². The fraction of sp³-hybridized carbons (Fsp3) is 0.280. The molecule has 2 atom stereocenters. The Kier molecular flexibility index (Phi) is 7.30. The number of halogens is 2. The van der Waals surface area contributed by atoms with E-state index in [9.17, 15) is 18.8 Å². The third-order valence-electron chi connectivity index (χ3n) is 5.71. The third kappa shape index (κ3) is 5.94. The molecule has 0 radical (unpaired) electrons. The van der Waals surface area contributed by atoms with E-state index in [4.69, 9.17) is 0 Å². The second-order valence-corrected chi connectivity index (χ2v) is 9.21. The predicted octanol–water partition coefficient (Wildman–Crippen LogP) is 3.93. The Morgan fingerprint density at radius 1 is 1.14 bits per heavy atom. The van der Waals surface area contributed by atoms with Crippen molar-refractivity contribution in [2.75, 3.05) is 11.9 Å². The molecule has 1 fully saturated rings. The van der Waals surface area contributed by atoms with Gasteiger partial charge in [0.2, 0.25) is 11.8 Å². The van der Waals surface area contributed by atoms with Gasteiger partial charge in [0.15, 0.2) is 5.78 Å². The predicted molar refractivity (Wildman–Crippen MR) is 131 cm³/mol. The summed E-state index contributed by atoms with van der Waals surface area (Å²) in [5, 5.41) is 2.65. The Morgan fingerprint density at radius 3 is 2.57 bits per heavy atom. The fourth-order valence-corrected chi connectivity index (χ4v) is 4.32.